The molecule has 0 aliphatic carbocycles. The summed E-state index contributed by atoms with van der Waals surface area (Å²) in [5, 5.41) is 21.5. The van der Waals surface area contributed by atoms with E-state index in [9.17, 15) is 33.0 Å². The Morgan fingerprint density at radius 3 is 2.30 bits per heavy atom. The standard InChI is InChI=1S/C9H9FN2O7S/c1-20(17,18)19-5-4-6-7(10)2-3-8(11(13)14)9(6)12(15)16/h2-3H,4-5H2,1H3. The van der Waals surface area contributed by atoms with E-state index in [1.807, 2.05) is 0 Å². The highest BCUT2D eigenvalue weighted by atomic mass is 32.2. The number of halogens is 1. The topological polar surface area (TPSA) is 130 Å². The van der Waals surface area contributed by atoms with Crippen molar-refractivity contribution in [1.82, 2.24) is 0 Å². The SMILES string of the molecule is CS(=O)(=O)OCCc1c(F)ccc([N+](=O)[O-])c1[N+](=O)[O-]. The summed E-state index contributed by atoms with van der Waals surface area (Å²) in [6.45, 7) is -0.558. The van der Waals surface area contributed by atoms with Crippen LogP contribution < -0.4 is 0 Å². The highest BCUT2D eigenvalue weighted by molar-refractivity contribution is 7.85. The summed E-state index contributed by atoms with van der Waals surface area (Å²) in [6.07, 6.45) is 0.266. The van der Waals surface area contributed by atoms with Gasteiger partial charge >= 0.3 is 11.4 Å². The molecule has 0 heterocycles. The van der Waals surface area contributed by atoms with Gasteiger partial charge in [0.25, 0.3) is 10.1 Å². The van der Waals surface area contributed by atoms with E-state index in [1.165, 1.54) is 0 Å². The minimum absolute atomic E-state index is 0.489. The van der Waals surface area contributed by atoms with E-state index in [1.54, 1.807) is 0 Å². The molecule has 1 aromatic carbocycles. The fraction of sp³-hybridized carbons (Fsp3) is 0.333. The monoisotopic (exact) mass is 308 g/mol. The fourth-order valence-electron chi connectivity index (χ4n) is 1.48. The Balaban J connectivity index is 3.20. The number of benzene rings is 1. The van der Waals surface area contributed by atoms with E-state index in [0.29, 0.717) is 12.1 Å². The van der Waals surface area contributed by atoms with Crippen LogP contribution >= 0.6 is 0 Å². The quantitative estimate of drug-likeness (QED) is 0.438. The third kappa shape index (κ3) is 3.93. The molecule has 0 amide bonds. The molecule has 0 N–H and O–H groups in total. The van der Waals surface area contributed by atoms with Crippen LogP contribution in [0.5, 0.6) is 0 Å². The van der Waals surface area contributed by atoms with Gasteiger partial charge in [0.15, 0.2) is 0 Å². The van der Waals surface area contributed by atoms with Gasteiger partial charge in [-0.2, -0.15) is 8.42 Å². The molecular formula is C9H9FN2O7S. The van der Waals surface area contributed by atoms with Crippen molar-refractivity contribution >= 4 is 21.5 Å². The fourth-order valence-corrected chi connectivity index (χ4v) is 1.87. The molecule has 0 bridgehead atoms. The molecule has 0 atom stereocenters. The molecule has 1 rings (SSSR count). The normalized spacial score (nSPS) is 11.3. The summed E-state index contributed by atoms with van der Waals surface area (Å²) in [6, 6.07) is 1.38. The lowest BCUT2D eigenvalue weighted by molar-refractivity contribution is -0.423. The molecular weight excluding hydrogens is 299 g/mol. The zero-order valence-electron chi connectivity index (χ0n) is 10.1. The summed E-state index contributed by atoms with van der Waals surface area (Å²) in [4.78, 5) is 19.4. The molecule has 1 aromatic rings. The predicted octanol–water partition coefficient (Wildman–Crippen LogP) is 1.16. The molecule has 0 spiro atoms. The summed E-state index contributed by atoms with van der Waals surface area (Å²) in [5.74, 6) is -1.04. The number of nitro groups is 2. The zero-order chi connectivity index (χ0) is 15.5. The lowest BCUT2D eigenvalue weighted by Crippen LogP contribution is -2.10. The molecule has 0 aliphatic heterocycles. The van der Waals surface area contributed by atoms with Gasteiger partial charge in [0.1, 0.15) is 5.82 Å². The van der Waals surface area contributed by atoms with Crippen LogP contribution in [0.25, 0.3) is 0 Å². The van der Waals surface area contributed by atoms with E-state index in [0.717, 1.165) is 6.26 Å². The molecule has 9 nitrogen and oxygen atoms in total. The second-order valence-corrected chi connectivity index (χ2v) is 5.33. The van der Waals surface area contributed by atoms with Crippen molar-refractivity contribution in [3.8, 4) is 0 Å². The third-order valence-electron chi connectivity index (χ3n) is 2.23. The molecule has 0 unspecified atom stereocenters. The second-order valence-electron chi connectivity index (χ2n) is 3.68. The van der Waals surface area contributed by atoms with Crippen LogP contribution in [0.15, 0.2) is 12.1 Å². The Labute approximate surface area is 112 Å². The Bertz CT molecular complexity index is 659. The molecule has 0 saturated heterocycles. The van der Waals surface area contributed by atoms with Crippen molar-refractivity contribution in [3.63, 3.8) is 0 Å². The van der Waals surface area contributed by atoms with E-state index in [-0.39, 0.29) is 0 Å². The Hall–Kier alpha value is -2.14. The highest BCUT2D eigenvalue weighted by Gasteiger charge is 2.30. The van der Waals surface area contributed by atoms with E-state index < -0.39 is 55.7 Å². The zero-order valence-corrected chi connectivity index (χ0v) is 10.9. The lowest BCUT2D eigenvalue weighted by Gasteiger charge is -2.05. The van der Waals surface area contributed by atoms with Crippen LogP contribution in [0, 0.1) is 26.0 Å². The summed E-state index contributed by atoms with van der Waals surface area (Å²) in [5.41, 5.74) is -2.45. The van der Waals surface area contributed by atoms with Crippen molar-refractivity contribution in [2.75, 3.05) is 12.9 Å². The number of hydrogen-bond donors (Lipinski definition) is 0. The first-order chi connectivity index (χ1) is 9.13. The Morgan fingerprint density at radius 1 is 1.25 bits per heavy atom. The van der Waals surface area contributed by atoms with Gasteiger partial charge in [-0.05, 0) is 6.07 Å². The highest BCUT2D eigenvalue weighted by Crippen LogP contribution is 2.32. The molecule has 20 heavy (non-hydrogen) atoms. The van der Waals surface area contributed by atoms with E-state index in [4.69, 9.17) is 0 Å². The van der Waals surface area contributed by atoms with Crippen LogP contribution in [0.2, 0.25) is 0 Å². The lowest BCUT2D eigenvalue weighted by atomic mass is 10.1. The van der Waals surface area contributed by atoms with Crippen LogP contribution in [0.1, 0.15) is 5.56 Å². The van der Waals surface area contributed by atoms with E-state index in [2.05, 4.69) is 4.18 Å². The van der Waals surface area contributed by atoms with Crippen LogP contribution in [0.4, 0.5) is 15.8 Å². The number of nitrogens with zero attached hydrogens (tertiary/aromatic N) is 2. The van der Waals surface area contributed by atoms with Gasteiger partial charge in [0, 0.05) is 12.5 Å². The predicted molar refractivity (Wildman–Crippen MR) is 64.2 cm³/mol. The van der Waals surface area contributed by atoms with Crippen molar-refractivity contribution in [2.24, 2.45) is 0 Å². The maximum absolute atomic E-state index is 13.5. The van der Waals surface area contributed by atoms with Crippen LogP contribution in [0.3, 0.4) is 0 Å². The van der Waals surface area contributed by atoms with Gasteiger partial charge in [-0.25, -0.2) is 4.39 Å². The maximum Gasteiger partial charge on any atom is 0.352 e. The van der Waals surface area contributed by atoms with Gasteiger partial charge < -0.3 is 0 Å². The summed E-state index contributed by atoms with van der Waals surface area (Å²) in [7, 11) is -3.79. The van der Waals surface area contributed by atoms with Crippen molar-refractivity contribution in [3.05, 3.63) is 43.7 Å². The first-order valence-corrected chi connectivity index (χ1v) is 6.89. The van der Waals surface area contributed by atoms with Gasteiger partial charge in [-0.1, -0.05) is 0 Å². The van der Waals surface area contributed by atoms with Crippen molar-refractivity contribution in [2.45, 2.75) is 6.42 Å². The minimum atomic E-state index is -3.79. The van der Waals surface area contributed by atoms with Crippen LogP contribution in [-0.2, 0) is 20.7 Å². The molecule has 0 aliphatic rings. The second kappa shape index (κ2) is 5.88. The average Bonchev–Trinajstić information content (AvgIpc) is 2.28. The van der Waals surface area contributed by atoms with Crippen molar-refractivity contribution in [1.29, 1.82) is 0 Å². The molecule has 0 fully saturated rings. The van der Waals surface area contributed by atoms with E-state index >= 15 is 0 Å². The molecule has 11 heteroatoms. The summed E-state index contributed by atoms with van der Waals surface area (Å²) < 4.78 is 39.4. The van der Waals surface area contributed by atoms with Gasteiger partial charge in [-0.15, -0.1) is 0 Å². The van der Waals surface area contributed by atoms with Gasteiger partial charge in [-0.3, -0.25) is 24.4 Å². The molecule has 110 valence electrons. The number of rotatable bonds is 6. The largest absolute Gasteiger partial charge is 0.352 e. The number of nitro benzene ring substituents is 2. The number of hydrogen-bond acceptors (Lipinski definition) is 7. The van der Waals surface area contributed by atoms with Gasteiger partial charge in [0.05, 0.1) is 28.3 Å². The first-order valence-electron chi connectivity index (χ1n) is 5.08. The first kappa shape index (κ1) is 15.9. The molecule has 0 aromatic heterocycles. The molecule has 0 saturated carbocycles. The minimum Gasteiger partial charge on any atom is -0.270 e. The maximum atomic E-state index is 13.5. The average molecular weight is 308 g/mol. The van der Waals surface area contributed by atoms with Crippen molar-refractivity contribution < 1.29 is 26.8 Å². The third-order valence-corrected chi connectivity index (χ3v) is 2.83. The smallest absolute Gasteiger partial charge is 0.270 e. The van der Waals surface area contributed by atoms with Crippen LogP contribution in [-0.4, -0.2) is 31.1 Å². The summed E-state index contributed by atoms with van der Waals surface area (Å²) >= 11 is 0. The Kier molecular flexibility index (Phi) is 4.68. The molecule has 0 radical (unpaired) electrons. The Morgan fingerprint density at radius 2 is 1.85 bits per heavy atom. The van der Waals surface area contributed by atoms with Gasteiger partial charge in [0.2, 0.25) is 0 Å².